The van der Waals surface area contributed by atoms with Crippen molar-refractivity contribution in [3.05, 3.63) is 99.6 Å². The highest BCUT2D eigenvalue weighted by atomic mass is 19.4. The Morgan fingerprint density at radius 1 is 0.750 bits per heavy atom. The summed E-state index contributed by atoms with van der Waals surface area (Å²) in [6.07, 6.45) is -3.87. The molecule has 10 heteroatoms. The summed E-state index contributed by atoms with van der Waals surface area (Å²) in [5.41, 5.74) is 5.06. The first-order chi connectivity index (χ1) is 18.8. The van der Waals surface area contributed by atoms with Gasteiger partial charge in [-0.1, -0.05) is 43.5 Å². The molecule has 2 N–H and O–H groups in total. The fraction of sp³-hybridized carbons (Fsp3) is 0.333. The minimum Gasteiger partial charge on any atom is -0.398 e. The van der Waals surface area contributed by atoms with E-state index in [1.165, 1.54) is 12.1 Å². The van der Waals surface area contributed by atoms with Gasteiger partial charge in [-0.15, -0.1) is 0 Å². The molecule has 0 aliphatic heterocycles. The second kappa shape index (κ2) is 11.4. The molecule has 0 radical (unpaired) electrons. The number of nitrogens with zero attached hydrogens (tertiary/aromatic N) is 1. The van der Waals surface area contributed by atoms with Crippen LogP contribution in [0.15, 0.2) is 60.7 Å². The maximum atomic E-state index is 13.4. The zero-order chi connectivity index (χ0) is 29.2. The lowest BCUT2D eigenvalue weighted by atomic mass is 9.91. The van der Waals surface area contributed by atoms with Crippen molar-refractivity contribution in [2.75, 3.05) is 12.8 Å². The maximum Gasteiger partial charge on any atom is 0.416 e. The second-order valence-corrected chi connectivity index (χ2v) is 10.1. The Morgan fingerprint density at radius 3 is 1.70 bits per heavy atom. The zero-order valence-corrected chi connectivity index (χ0v) is 21.7. The first-order valence-electron chi connectivity index (χ1n) is 12.8. The van der Waals surface area contributed by atoms with Crippen LogP contribution in [0.5, 0.6) is 0 Å². The van der Waals surface area contributed by atoms with Crippen LogP contribution < -0.4 is 5.73 Å². The quantitative estimate of drug-likeness (QED) is 0.184. The summed E-state index contributed by atoms with van der Waals surface area (Å²) in [7, 11) is 1.91. The Balaban J connectivity index is 1.73. The van der Waals surface area contributed by atoms with E-state index in [-0.39, 0.29) is 34.0 Å². The molecule has 1 fully saturated rings. The van der Waals surface area contributed by atoms with Gasteiger partial charge < -0.3 is 5.73 Å². The number of nitrogens with two attached hydrogens (primary N) is 1. The van der Waals surface area contributed by atoms with Gasteiger partial charge in [0.05, 0.1) is 11.1 Å². The first-order valence-corrected chi connectivity index (χ1v) is 12.8. The predicted octanol–water partition coefficient (Wildman–Crippen LogP) is 7.53. The normalized spacial score (nSPS) is 14.9. The molecular weight excluding hydrogens is 534 g/mol. The molecule has 1 aliphatic carbocycles. The van der Waals surface area contributed by atoms with Crippen molar-refractivity contribution in [1.82, 2.24) is 4.90 Å². The topological polar surface area (TPSA) is 63.4 Å². The third-order valence-electron chi connectivity index (χ3n) is 7.34. The number of anilines is 1. The van der Waals surface area contributed by atoms with Gasteiger partial charge >= 0.3 is 12.4 Å². The van der Waals surface area contributed by atoms with Crippen molar-refractivity contribution < 1.29 is 35.9 Å². The second-order valence-electron chi connectivity index (χ2n) is 10.1. The molecule has 0 bridgehead atoms. The Bertz CT molecular complexity index is 1370. The Labute approximate surface area is 227 Å². The van der Waals surface area contributed by atoms with Crippen LogP contribution in [0.25, 0.3) is 0 Å². The number of carbonyl (C=O) groups is 2. The van der Waals surface area contributed by atoms with E-state index in [4.69, 9.17) is 5.73 Å². The minimum absolute atomic E-state index is 0.0164. The van der Waals surface area contributed by atoms with Gasteiger partial charge in [-0.05, 0) is 61.9 Å². The number of ketones is 2. The third kappa shape index (κ3) is 6.55. The van der Waals surface area contributed by atoms with Gasteiger partial charge in [0, 0.05) is 40.5 Å². The van der Waals surface area contributed by atoms with Crippen LogP contribution in [0.2, 0.25) is 0 Å². The van der Waals surface area contributed by atoms with E-state index >= 15 is 0 Å². The first kappa shape index (κ1) is 29.3. The van der Waals surface area contributed by atoms with Gasteiger partial charge in [0.15, 0.2) is 11.6 Å². The van der Waals surface area contributed by atoms with E-state index in [9.17, 15) is 35.9 Å². The molecule has 3 aromatic carbocycles. The van der Waals surface area contributed by atoms with Gasteiger partial charge in [-0.2, -0.15) is 26.3 Å². The van der Waals surface area contributed by atoms with Crippen LogP contribution in [-0.4, -0.2) is 29.6 Å². The largest absolute Gasteiger partial charge is 0.416 e. The lowest BCUT2D eigenvalue weighted by molar-refractivity contribution is -0.138. The smallest absolute Gasteiger partial charge is 0.398 e. The Hall–Kier alpha value is -3.66. The summed E-state index contributed by atoms with van der Waals surface area (Å²) in [6.45, 7) is 0.303. The van der Waals surface area contributed by atoms with Crippen LogP contribution in [0, 0.1) is 0 Å². The molecule has 212 valence electrons. The maximum absolute atomic E-state index is 13.4. The van der Waals surface area contributed by atoms with Crippen LogP contribution in [-0.2, 0) is 18.9 Å². The summed E-state index contributed by atoms with van der Waals surface area (Å²) in [5.74, 6) is -1.29. The molecule has 1 aliphatic rings. The molecule has 4 rings (SSSR count). The van der Waals surface area contributed by atoms with Crippen molar-refractivity contribution in [3.63, 3.8) is 0 Å². The highest BCUT2D eigenvalue weighted by molar-refractivity contribution is 6.15. The molecule has 3 aromatic rings. The standard InChI is InChI=1S/C30H28F6N2O2/c1-38(24-5-3-2-4-6-24)17-21-15-20(27(39)18-7-11-22(12-8-18)29(31,32)33)16-25(26(21)37)28(40)19-9-13-23(14-10-19)30(34,35)36/h7-16,24H,2-6,17,37H2,1H3. The number of carbonyl (C=O) groups excluding carboxylic acids is 2. The lowest BCUT2D eigenvalue weighted by Gasteiger charge is -2.31. The average molecular weight is 563 g/mol. The van der Waals surface area contributed by atoms with Gasteiger partial charge in [0.1, 0.15) is 0 Å². The third-order valence-corrected chi connectivity index (χ3v) is 7.34. The van der Waals surface area contributed by atoms with Gasteiger partial charge in [0.25, 0.3) is 0 Å². The fourth-order valence-corrected chi connectivity index (χ4v) is 5.03. The monoisotopic (exact) mass is 562 g/mol. The number of alkyl halides is 6. The average Bonchev–Trinajstić information content (AvgIpc) is 2.93. The summed E-state index contributed by atoms with van der Waals surface area (Å²) in [4.78, 5) is 28.9. The molecule has 0 unspecified atom stereocenters. The molecule has 0 aromatic heterocycles. The Kier molecular flexibility index (Phi) is 8.39. The van der Waals surface area contributed by atoms with E-state index in [0.29, 0.717) is 12.1 Å². The summed E-state index contributed by atoms with van der Waals surface area (Å²) >= 11 is 0. The van der Waals surface area contributed by atoms with E-state index in [1.54, 1.807) is 0 Å². The van der Waals surface area contributed by atoms with Crippen LogP contribution in [0.3, 0.4) is 0 Å². The van der Waals surface area contributed by atoms with Gasteiger partial charge in [-0.3, -0.25) is 14.5 Å². The van der Waals surface area contributed by atoms with Crippen molar-refractivity contribution >= 4 is 17.3 Å². The van der Waals surface area contributed by atoms with Crippen molar-refractivity contribution in [2.24, 2.45) is 0 Å². The van der Waals surface area contributed by atoms with Crippen LogP contribution >= 0.6 is 0 Å². The highest BCUT2D eigenvalue weighted by Crippen LogP contribution is 2.33. The molecule has 4 nitrogen and oxygen atoms in total. The van der Waals surface area contributed by atoms with Gasteiger partial charge in [-0.25, -0.2) is 0 Å². The Morgan fingerprint density at radius 2 is 1.23 bits per heavy atom. The molecule has 1 saturated carbocycles. The number of rotatable bonds is 7. The molecular formula is C30H28F6N2O2. The van der Waals surface area contributed by atoms with Crippen molar-refractivity contribution in [3.8, 4) is 0 Å². The number of nitrogen functional groups attached to an aromatic ring is 1. The molecule has 0 atom stereocenters. The van der Waals surface area contributed by atoms with E-state index in [0.717, 1.165) is 80.6 Å². The van der Waals surface area contributed by atoms with Crippen LogP contribution in [0.4, 0.5) is 32.0 Å². The van der Waals surface area contributed by atoms with Crippen molar-refractivity contribution in [1.29, 1.82) is 0 Å². The number of benzene rings is 3. The number of hydrogen-bond donors (Lipinski definition) is 1. The van der Waals surface area contributed by atoms with E-state index in [1.807, 2.05) is 7.05 Å². The summed E-state index contributed by atoms with van der Waals surface area (Å²) < 4.78 is 78.1. The molecule has 0 saturated heterocycles. The summed E-state index contributed by atoms with van der Waals surface area (Å²) in [6, 6.07) is 10.4. The van der Waals surface area contributed by atoms with Crippen LogP contribution in [0.1, 0.15) is 80.6 Å². The van der Waals surface area contributed by atoms with Gasteiger partial charge in [0.2, 0.25) is 0 Å². The molecule has 0 spiro atoms. The SMILES string of the molecule is CN(Cc1cc(C(=O)c2ccc(C(F)(F)F)cc2)cc(C(=O)c2ccc(C(F)(F)F)cc2)c1N)C1CCCCC1. The predicted molar refractivity (Wildman–Crippen MR) is 139 cm³/mol. The molecule has 0 amide bonds. The fourth-order valence-electron chi connectivity index (χ4n) is 5.03. The van der Waals surface area contributed by atoms with E-state index < -0.39 is 35.0 Å². The number of halogens is 6. The van der Waals surface area contributed by atoms with E-state index in [2.05, 4.69) is 4.90 Å². The molecule has 0 heterocycles. The zero-order valence-electron chi connectivity index (χ0n) is 21.7. The van der Waals surface area contributed by atoms with Crippen molar-refractivity contribution in [2.45, 2.75) is 57.0 Å². The highest BCUT2D eigenvalue weighted by Gasteiger charge is 2.32. The lowest BCUT2D eigenvalue weighted by Crippen LogP contribution is -2.33. The minimum atomic E-state index is -4.58. The number of hydrogen-bond acceptors (Lipinski definition) is 4. The summed E-state index contributed by atoms with van der Waals surface area (Å²) in [5, 5.41) is 0. The molecule has 40 heavy (non-hydrogen) atoms.